The number of benzene rings is 2. The lowest BCUT2D eigenvalue weighted by Gasteiger charge is -2.19. The first-order chi connectivity index (χ1) is 13.2. The first kappa shape index (κ1) is 21.2. The first-order valence-electron chi connectivity index (χ1n) is 8.32. The number of halogens is 2. The third-order valence-corrected chi connectivity index (χ3v) is 4.00. The van der Waals surface area contributed by atoms with Crippen molar-refractivity contribution >= 4 is 35.2 Å². The van der Waals surface area contributed by atoms with Crippen LogP contribution in [0.2, 0.25) is 5.02 Å². The number of carbonyl (C=O) groups excluding carboxylic acids is 3. The highest BCUT2D eigenvalue weighted by atomic mass is 35.5. The van der Waals surface area contributed by atoms with E-state index in [2.05, 4.69) is 10.6 Å². The topological polar surface area (TPSA) is 111 Å². The molecule has 0 heterocycles. The number of hydrogen-bond acceptors (Lipinski definition) is 4. The Morgan fingerprint density at radius 1 is 1.11 bits per heavy atom. The lowest BCUT2D eigenvalue weighted by Crippen LogP contribution is -2.36. The molecule has 0 aliphatic heterocycles. The molecule has 2 aromatic rings. The summed E-state index contributed by atoms with van der Waals surface area (Å²) >= 11 is 5.84. The molecule has 2 rings (SSSR count). The zero-order valence-electron chi connectivity index (χ0n) is 14.9. The van der Waals surface area contributed by atoms with Crippen LogP contribution in [0.25, 0.3) is 0 Å². The number of carbonyl (C=O) groups is 3. The average molecular weight is 408 g/mol. The molecule has 9 heteroatoms. The fourth-order valence-corrected chi connectivity index (χ4v) is 2.49. The van der Waals surface area contributed by atoms with E-state index in [0.29, 0.717) is 16.3 Å². The number of nitrogens with two attached hydrogens (primary N) is 1. The summed E-state index contributed by atoms with van der Waals surface area (Å²) in [6.45, 7) is 1.40. The normalized spacial score (nSPS) is 12.5. The third kappa shape index (κ3) is 6.55. The summed E-state index contributed by atoms with van der Waals surface area (Å²) < 4.78 is 18.0. The van der Waals surface area contributed by atoms with Gasteiger partial charge < -0.3 is 21.1 Å². The van der Waals surface area contributed by atoms with Gasteiger partial charge in [-0.3, -0.25) is 9.59 Å². The first-order valence-corrected chi connectivity index (χ1v) is 8.69. The SMILES string of the molecule is C[C@@H](OC(=O)C[C@H](NC(N)=O)c1ccc(Cl)cc1)C(=O)Nc1ccc(F)cc1. The number of rotatable bonds is 7. The minimum Gasteiger partial charge on any atom is -0.452 e. The molecule has 0 spiro atoms. The minimum absolute atomic E-state index is 0.237. The molecule has 0 unspecified atom stereocenters. The zero-order chi connectivity index (χ0) is 20.7. The van der Waals surface area contributed by atoms with Crippen molar-refractivity contribution in [3.8, 4) is 0 Å². The zero-order valence-corrected chi connectivity index (χ0v) is 15.7. The molecule has 0 aliphatic rings. The predicted octanol–water partition coefficient (Wildman–Crippen LogP) is 3.15. The van der Waals surface area contributed by atoms with Crippen molar-refractivity contribution in [1.29, 1.82) is 0 Å². The van der Waals surface area contributed by atoms with Crippen molar-refractivity contribution in [1.82, 2.24) is 5.32 Å². The smallest absolute Gasteiger partial charge is 0.312 e. The molecule has 2 aromatic carbocycles. The molecule has 0 aliphatic carbocycles. The van der Waals surface area contributed by atoms with Crippen LogP contribution < -0.4 is 16.4 Å². The second-order valence-corrected chi connectivity index (χ2v) is 6.38. The summed E-state index contributed by atoms with van der Waals surface area (Å²) in [5.74, 6) is -1.73. The molecule has 0 saturated heterocycles. The number of primary amides is 1. The summed E-state index contributed by atoms with van der Waals surface area (Å²) in [5, 5.41) is 5.46. The van der Waals surface area contributed by atoms with Crippen molar-refractivity contribution in [2.45, 2.75) is 25.5 Å². The summed E-state index contributed by atoms with van der Waals surface area (Å²) in [5.41, 5.74) is 6.13. The monoisotopic (exact) mass is 407 g/mol. The van der Waals surface area contributed by atoms with Crippen molar-refractivity contribution in [2.75, 3.05) is 5.32 Å². The molecule has 2 atom stereocenters. The number of urea groups is 1. The Morgan fingerprint density at radius 2 is 1.71 bits per heavy atom. The second kappa shape index (κ2) is 9.70. The molecule has 7 nitrogen and oxygen atoms in total. The molecule has 28 heavy (non-hydrogen) atoms. The predicted molar refractivity (Wildman–Crippen MR) is 102 cm³/mol. The summed E-state index contributed by atoms with van der Waals surface area (Å²) in [4.78, 5) is 35.6. The van der Waals surface area contributed by atoms with E-state index in [1.165, 1.54) is 31.2 Å². The fourth-order valence-electron chi connectivity index (χ4n) is 2.36. The van der Waals surface area contributed by atoms with Gasteiger partial charge in [0, 0.05) is 10.7 Å². The van der Waals surface area contributed by atoms with Gasteiger partial charge in [-0.1, -0.05) is 23.7 Å². The molecular weight excluding hydrogens is 389 g/mol. The van der Waals surface area contributed by atoms with Crippen molar-refractivity contribution in [2.24, 2.45) is 5.73 Å². The van der Waals surface area contributed by atoms with Crippen molar-refractivity contribution < 1.29 is 23.5 Å². The van der Waals surface area contributed by atoms with E-state index < -0.39 is 35.9 Å². The van der Waals surface area contributed by atoms with Gasteiger partial charge in [-0.05, 0) is 48.9 Å². The van der Waals surface area contributed by atoms with Crippen LogP contribution in [0.1, 0.15) is 24.9 Å². The Hall–Kier alpha value is -3.13. The summed E-state index contributed by atoms with van der Waals surface area (Å²) in [7, 11) is 0. The maximum absolute atomic E-state index is 12.9. The quantitative estimate of drug-likeness (QED) is 0.612. The van der Waals surface area contributed by atoms with Gasteiger partial charge in [0.25, 0.3) is 5.91 Å². The van der Waals surface area contributed by atoms with Gasteiger partial charge in [-0.25, -0.2) is 9.18 Å². The summed E-state index contributed by atoms with van der Waals surface area (Å²) in [6.07, 6.45) is -1.34. The molecule has 0 radical (unpaired) electrons. The van der Waals surface area contributed by atoms with Gasteiger partial charge in [0.15, 0.2) is 6.10 Å². The minimum atomic E-state index is -1.10. The van der Waals surface area contributed by atoms with Crippen LogP contribution in [0.3, 0.4) is 0 Å². The Balaban J connectivity index is 1.96. The Morgan fingerprint density at radius 3 is 2.29 bits per heavy atom. The number of amides is 3. The highest BCUT2D eigenvalue weighted by molar-refractivity contribution is 6.30. The van der Waals surface area contributed by atoms with E-state index in [1.54, 1.807) is 24.3 Å². The van der Waals surface area contributed by atoms with Gasteiger partial charge in [-0.15, -0.1) is 0 Å². The molecule has 3 amide bonds. The standard InChI is InChI=1S/C19H19ClFN3O4/c1-11(18(26)23-15-8-6-14(21)7-9-15)28-17(25)10-16(24-19(22)27)12-2-4-13(20)5-3-12/h2-9,11,16H,10H2,1H3,(H,23,26)(H3,22,24,27)/t11-,16+/m1/s1. The van der Waals surface area contributed by atoms with Gasteiger partial charge in [0.1, 0.15) is 5.82 Å². The van der Waals surface area contributed by atoms with Gasteiger partial charge in [0.05, 0.1) is 12.5 Å². The van der Waals surface area contributed by atoms with E-state index in [0.717, 1.165) is 0 Å². The van der Waals surface area contributed by atoms with Gasteiger partial charge in [-0.2, -0.15) is 0 Å². The molecule has 0 bridgehead atoms. The highest BCUT2D eigenvalue weighted by Gasteiger charge is 2.23. The Kier molecular flexibility index (Phi) is 7.34. The van der Waals surface area contributed by atoms with Gasteiger partial charge >= 0.3 is 12.0 Å². The van der Waals surface area contributed by atoms with E-state index in [1.807, 2.05) is 0 Å². The third-order valence-electron chi connectivity index (χ3n) is 3.75. The molecule has 148 valence electrons. The van der Waals surface area contributed by atoms with Crippen molar-refractivity contribution in [3.05, 3.63) is 64.9 Å². The van der Waals surface area contributed by atoms with Crippen LogP contribution in [0, 0.1) is 5.82 Å². The van der Waals surface area contributed by atoms with Crippen LogP contribution in [-0.4, -0.2) is 24.0 Å². The molecule has 0 aromatic heterocycles. The molecule has 4 N–H and O–H groups in total. The van der Waals surface area contributed by atoms with Crippen LogP contribution in [-0.2, 0) is 14.3 Å². The molecule has 0 fully saturated rings. The fraction of sp³-hybridized carbons (Fsp3) is 0.211. The van der Waals surface area contributed by atoms with E-state index in [9.17, 15) is 18.8 Å². The van der Waals surface area contributed by atoms with E-state index in [-0.39, 0.29) is 6.42 Å². The van der Waals surface area contributed by atoms with E-state index >= 15 is 0 Å². The second-order valence-electron chi connectivity index (χ2n) is 5.95. The van der Waals surface area contributed by atoms with Crippen LogP contribution in [0.15, 0.2) is 48.5 Å². The van der Waals surface area contributed by atoms with Crippen LogP contribution >= 0.6 is 11.6 Å². The number of anilines is 1. The maximum Gasteiger partial charge on any atom is 0.312 e. The number of hydrogen-bond donors (Lipinski definition) is 3. The largest absolute Gasteiger partial charge is 0.452 e. The van der Waals surface area contributed by atoms with E-state index in [4.69, 9.17) is 22.1 Å². The molecular formula is C19H19ClFN3O4. The van der Waals surface area contributed by atoms with Crippen LogP contribution in [0.5, 0.6) is 0 Å². The average Bonchev–Trinajstić information content (AvgIpc) is 2.63. The lowest BCUT2D eigenvalue weighted by atomic mass is 10.0. The number of nitrogens with one attached hydrogen (secondary N) is 2. The Labute approximate surface area is 166 Å². The van der Waals surface area contributed by atoms with Crippen molar-refractivity contribution in [3.63, 3.8) is 0 Å². The Bertz CT molecular complexity index is 843. The summed E-state index contributed by atoms with van der Waals surface area (Å²) in [6, 6.07) is 10.1. The maximum atomic E-state index is 12.9. The lowest BCUT2D eigenvalue weighted by molar-refractivity contribution is -0.153. The number of esters is 1. The molecule has 0 saturated carbocycles. The number of ether oxygens (including phenoxy) is 1. The highest BCUT2D eigenvalue weighted by Crippen LogP contribution is 2.20. The van der Waals surface area contributed by atoms with Gasteiger partial charge in [0.2, 0.25) is 0 Å². The van der Waals surface area contributed by atoms with Crippen LogP contribution in [0.4, 0.5) is 14.9 Å².